The molecule has 0 aromatic heterocycles. The highest BCUT2D eigenvalue weighted by atomic mass is 16.3. The summed E-state index contributed by atoms with van der Waals surface area (Å²) in [5.41, 5.74) is 0. The van der Waals surface area contributed by atoms with Gasteiger partial charge in [0.25, 0.3) is 0 Å². The van der Waals surface area contributed by atoms with Gasteiger partial charge in [0.2, 0.25) is 0 Å². The Morgan fingerprint density at radius 3 is 2.94 bits per heavy atom. The van der Waals surface area contributed by atoms with E-state index >= 15 is 0 Å². The molecule has 1 aliphatic rings. The molecule has 0 unspecified atom stereocenters. The van der Waals surface area contributed by atoms with Crippen LogP contribution in [-0.2, 0) is 0 Å². The second kappa shape index (κ2) is 8.86. The Labute approximate surface area is 106 Å². The fraction of sp³-hybridized carbons (Fsp3) is 1.00. The van der Waals surface area contributed by atoms with Gasteiger partial charge in [-0.15, -0.1) is 0 Å². The zero-order chi connectivity index (χ0) is 12.5. The van der Waals surface area contributed by atoms with Crippen LogP contribution in [0.25, 0.3) is 0 Å². The molecular weight excluding hydrogens is 214 g/mol. The number of unbranched alkanes of at least 4 members (excludes halogenated alkanes) is 1. The summed E-state index contributed by atoms with van der Waals surface area (Å²) in [7, 11) is 2.10. The van der Waals surface area contributed by atoms with Gasteiger partial charge in [-0.2, -0.15) is 0 Å². The third-order valence-corrected chi connectivity index (χ3v) is 3.32. The van der Waals surface area contributed by atoms with Crippen molar-refractivity contribution < 1.29 is 5.11 Å². The first-order chi connectivity index (χ1) is 8.22. The minimum Gasteiger partial charge on any atom is -0.390 e. The predicted molar refractivity (Wildman–Crippen MR) is 72.3 cm³/mol. The molecule has 102 valence electrons. The average Bonchev–Trinajstić information content (AvgIpc) is 2.54. The average molecular weight is 243 g/mol. The second-order valence-electron chi connectivity index (χ2n) is 5.17. The van der Waals surface area contributed by atoms with Gasteiger partial charge >= 0.3 is 0 Å². The van der Waals surface area contributed by atoms with Gasteiger partial charge in [0.1, 0.15) is 0 Å². The number of aliphatic hydroxyl groups is 1. The Morgan fingerprint density at radius 1 is 1.35 bits per heavy atom. The summed E-state index contributed by atoms with van der Waals surface area (Å²) in [4.78, 5) is 4.61. The van der Waals surface area contributed by atoms with Crippen LogP contribution >= 0.6 is 0 Å². The fourth-order valence-electron chi connectivity index (χ4n) is 2.32. The van der Waals surface area contributed by atoms with Gasteiger partial charge in [-0.3, -0.25) is 4.90 Å². The first kappa shape index (κ1) is 14.9. The van der Waals surface area contributed by atoms with E-state index in [1.165, 1.54) is 19.3 Å². The van der Waals surface area contributed by atoms with Crippen LogP contribution in [0, 0.1) is 0 Å². The van der Waals surface area contributed by atoms with Crippen molar-refractivity contribution in [3.63, 3.8) is 0 Å². The van der Waals surface area contributed by atoms with Gasteiger partial charge < -0.3 is 15.3 Å². The maximum Gasteiger partial charge on any atom is 0.0793 e. The predicted octanol–water partition coefficient (Wildman–Crippen LogP) is 0.375. The highest BCUT2D eigenvalue weighted by molar-refractivity contribution is 4.71. The molecule has 1 atom stereocenters. The van der Waals surface area contributed by atoms with Gasteiger partial charge in [0, 0.05) is 26.2 Å². The van der Waals surface area contributed by atoms with Gasteiger partial charge in [0.05, 0.1) is 6.10 Å². The number of β-amino-alcohol motifs (C(OH)–C–C–N with tert-alkyl or cyclic N) is 1. The quantitative estimate of drug-likeness (QED) is 0.678. The molecule has 0 spiro atoms. The lowest BCUT2D eigenvalue weighted by atomic mass is 10.2. The topological polar surface area (TPSA) is 38.7 Å². The lowest BCUT2D eigenvalue weighted by Crippen LogP contribution is -2.40. The van der Waals surface area contributed by atoms with Crippen molar-refractivity contribution in [3.8, 4) is 0 Å². The molecule has 4 heteroatoms. The molecule has 2 N–H and O–H groups in total. The Hall–Kier alpha value is -0.160. The molecule has 0 aromatic rings. The molecule has 0 saturated carbocycles. The van der Waals surface area contributed by atoms with Gasteiger partial charge in [-0.1, -0.05) is 13.3 Å². The first-order valence-corrected chi connectivity index (χ1v) is 7.02. The highest BCUT2D eigenvalue weighted by Gasteiger charge is 2.14. The third-order valence-electron chi connectivity index (χ3n) is 3.32. The molecule has 4 nitrogen and oxygen atoms in total. The summed E-state index contributed by atoms with van der Waals surface area (Å²) in [5.74, 6) is 0. The molecule has 1 aliphatic heterocycles. The molecular formula is C13H29N3O. The highest BCUT2D eigenvalue weighted by Crippen LogP contribution is 2.00. The van der Waals surface area contributed by atoms with Crippen molar-refractivity contribution in [2.24, 2.45) is 0 Å². The zero-order valence-corrected chi connectivity index (χ0v) is 11.5. The van der Waals surface area contributed by atoms with E-state index in [2.05, 4.69) is 29.1 Å². The molecule has 1 fully saturated rings. The van der Waals surface area contributed by atoms with Gasteiger partial charge in [-0.25, -0.2) is 0 Å². The lowest BCUT2D eigenvalue weighted by molar-refractivity contribution is 0.0839. The van der Waals surface area contributed by atoms with Crippen molar-refractivity contribution in [2.75, 3.05) is 52.9 Å². The van der Waals surface area contributed by atoms with E-state index in [9.17, 15) is 5.11 Å². The van der Waals surface area contributed by atoms with E-state index in [0.29, 0.717) is 0 Å². The Balaban J connectivity index is 2.15. The number of hydrogen-bond acceptors (Lipinski definition) is 4. The smallest absolute Gasteiger partial charge is 0.0793 e. The summed E-state index contributed by atoms with van der Waals surface area (Å²) < 4.78 is 0. The standard InChI is InChI=1S/C13H29N3O/c1-3-4-8-15(2)11-13(17)12-16-9-5-6-14-7-10-16/h13-14,17H,3-12H2,1-2H3/t13-/m1/s1. The monoisotopic (exact) mass is 243 g/mol. The maximum absolute atomic E-state index is 10.1. The van der Waals surface area contributed by atoms with E-state index in [0.717, 1.165) is 45.8 Å². The van der Waals surface area contributed by atoms with Crippen LogP contribution in [0.2, 0.25) is 0 Å². The Morgan fingerprint density at radius 2 is 2.18 bits per heavy atom. The van der Waals surface area contributed by atoms with Crippen molar-refractivity contribution in [1.29, 1.82) is 0 Å². The van der Waals surface area contributed by atoms with Crippen molar-refractivity contribution in [2.45, 2.75) is 32.3 Å². The van der Waals surface area contributed by atoms with Crippen molar-refractivity contribution in [3.05, 3.63) is 0 Å². The van der Waals surface area contributed by atoms with Crippen LogP contribution in [0.15, 0.2) is 0 Å². The number of nitrogens with zero attached hydrogens (tertiary/aromatic N) is 2. The number of likely N-dealkylation sites (N-methyl/N-ethyl adjacent to an activating group) is 1. The van der Waals surface area contributed by atoms with Crippen molar-refractivity contribution in [1.82, 2.24) is 15.1 Å². The largest absolute Gasteiger partial charge is 0.390 e. The lowest BCUT2D eigenvalue weighted by Gasteiger charge is -2.26. The minimum absolute atomic E-state index is 0.213. The first-order valence-electron chi connectivity index (χ1n) is 7.02. The molecule has 0 radical (unpaired) electrons. The second-order valence-corrected chi connectivity index (χ2v) is 5.17. The molecule has 0 aromatic carbocycles. The molecule has 0 aliphatic carbocycles. The van der Waals surface area contributed by atoms with Crippen LogP contribution in [0.4, 0.5) is 0 Å². The molecule has 1 heterocycles. The summed E-state index contributed by atoms with van der Waals surface area (Å²) in [6.45, 7) is 9.26. The van der Waals surface area contributed by atoms with Crippen LogP contribution < -0.4 is 5.32 Å². The van der Waals surface area contributed by atoms with E-state index in [1.807, 2.05) is 0 Å². The van der Waals surface area contributed by atoms with Crippen molar-refractivity contribution >= 4 is 0 Å². The van der Waals surface area contributed by atoms with Gasteiger partial charge in [0.15, 0.2) is 0 Å². The fourth-order valence-corrected chi connectivity index (χ4v) is 2.32. The summed E-state index contributed by atoms with van der Waals surface area (Å²) in [6, 6.07) is 0. The summed E-state index contributed by atoms with van der Waals surface area (Å²) >= 11 is 0. The number of aliphatic hydroxyl groups excluding tert-OH is 1. The molecule has 0 bridgehead atoms. The molecule has 17 heavy (non-hydrogen) atoms. The SMILES string of the molecule is CCCCN(C)C[C@@H](O)CN1CCCNCC1. The van der Waals surface area contributed by atoms with E-state index in [1.54, 1.807) is 0 Å². The van der Waals surface area contributed by atoms with E-state index in [4.69, 9.17) is 0 Å². The third kappa shape index (κ3) is 6.99. The zero-order valence-electron chi connectivity index (χ0n) is 11.5. The van der Waals surface area contributed by atoms with E-state index in [-0.39, 0.29) is 6.10 Å². The van der Waals surface area contributed by atoms with Gasteiger partial charge in [-0.05, 0) is 39.5 Å². The normalized spacial score (nSPS) is 20.5. The maximum atomic E-state index is 10.1. The van der Waals surface area contributed by atoms with Crippen LogP contribution in [-0.4, -0.2) is 73.9 Å². The minimum atomic E-state index is -0.213. The van der Waals surface area contributed by atoms with Crippen LogP contribution in [0.3, 0.4) is 0 Å². The van der Waals surface area contributed by atoms with Crippen LogP contribution in [0.5, 0.6) is 0 Å². The summed E-state index contributed by atoms with van der Waals surface area (Å²) in [6.07, 6.45) is 3.42. The Kier molecular flexibility index (Phi) is 7.77. The summed E-state index contributed by atoms with van der Waals surface area (Å²) in [5, 5.41) is 13.4. The number of rotatable bonds is 7. The van der Waals surface area contributed by atoms with E-state index < -0.39 is 0 Å². The number of hydrogen-bond donors (Lipinski definition) is 2. The Bertz CT molecular complexity index is 182. The number of nitrogens with one attached hydrogen (secondary N) is 1. The molecule has 0 amide bonds. The molecule has 1 saturated heterocycles. The molecule has 1 rings (SSSR count). The van der Waals surface area contributed by atoms with Crippen LogP contribution in [0.1, 0.15) is 26.2 Å².